The van der Waals surface area contributed by atoms with E-state index in [1.165, 1.54) is 12.8 Å². The number of hydrogen-bond acceptors (Lipinski definition) is 2. The summed E-state index contributed by atoms with van der Waals surface area (Å²) in [7, 11) is 0. The second-order valence-corrected chi connectivity index (χ2v) is 7.38. The molecule has 3 nitrogen and oxygen atoms in total. The number of nitrogens with zero attached hydrogens (tertiary/aromatic N) is 1. The first-order chi connectivity index (χ1) is 12.6. The third-order valence-corrected chi connectivity index (χ3v) is 5.39. The number of nitrogens with one attached hydrogen (secondary N) is 1. The Kier molecular flexibility index (Phi) is 4.64. The monoisotopic (exact) mass is 364 g/mol. The molecule has 1 N–H and O–H groups in total. The van der Waals surface area contributed by atoms with E-state index in [1.54, 1.807) is 0 Å². The summed E-state index contributed by atoms with van der Waals surface area (Å²) < 4.78 is 0. The van der Waals surface area contributed by atoms with Crippen molar-refractivity contribution >= 4 is 28.4 Å². The van der Waals surface area contributed by atoms with Crippen LogP contribution >= 0.6 is 11.6 Å². The van der Waals surface area contributed by atoms with E-state index >= 15 is 0 Å². The number of amides is 1. The van der Waals surface area contributed by atoms with Crippen LogP contribution in [-0.4, -0.2) is 16.9 Å². The molecule has 0 bridgehead atoms. The van der Waals surface area contributed by atoms with E-state index in [4.69, 9.17) is 16.6 Å². The van der Waals surface area contributed by atoms with Crippen molar-refractivity contribution in [2.24, 2.45) is 0 Å². The van der Waals surface area contributed by atoms with Crippen molar-refractivity contribution in [3.05, 3.63) is 64.7 Å². The summed E-state index contributed by atoms with van der Waals surface area (Å²) in [5.41, 5.74) is 4.17. The highest BCUT2D eigenvalue weighted by molar-refractivity contribution is 6.30. The zero-order valence-electron chi connectivity index (χ0n) is 14.8. The fourth-order valence-corrected chi connectivity index (χ4v) is 4.03. The number of hydrogen-bond donors (Lipinski definition) is 1. The number of fused-ring (bicyclic) bond motifs is 1. The summed E-state index contributed by atoms with van der Waals surface area (Å²) in [6, 6.07) is 15.7. The number of carbonyl (C=O) groups is 1. The molecule has 3 aromatic rings. The van der Waals surface area contributed by atoms with Crippen molar-refractivity contribution in [1.82, 2.24) is 10.3 Å². The van der Waals surface area contributed by atoms with E-state index in [9.17, 15) is 4.79 Å². The molecule has 0 saturated heterocycles. The van der Waals surface area contributed by atoms with Crippen molar-refractivity contribution in [3.8, 4) is 11.3 Å². The van der Waals surface area contributed by atoms with Crippen molar-refractivity contribution in [2.45, 2.75) is 38.6 Å². The maximum absolute atomic E-state index is 13.1. The van der Waals surface area contributed by atoms with Gasteiger partial charge in [0.2, 0.25) is 0 Å². The molecule has 0 atom stereocenters. The summed E-state index contributed by atoms with van der Waals surface area (Å²) >= 11 is 6.17. The van der Waals surface area contributed by atoms with Gasteiger partial charge in [0, 0.05) is 22.0 Å². The maximum Gasteiger partial charge on any atom is 0.252 e. The van der Waals surface area contributed by atoms with Crippen LogP contribution in [0.25, 0.3) is 22.2 Å². The third-order valence-electron chi connectivity index (χ3n) is 5.15. The summed E-state index contributed by atoms with van der Waals surface area (Å²) in [6.45, 7) is 1.97. The van der Waals surface area contributed by atoms with E-state index in [0.717, 1.165) is 46.1 Å². The molecule has 1 heterocycles. The molecule has 1 aliphatic rings. The lowest BCUT2D eigenvalue weighted by molar-refractivity contribution is 0.0939. The minimum Gasteiger partial charge on any atom is -0.349 e. The van der Waals surface area contributed by atoms with Gasteiger partial charge in [-0.2, -0.15) is 0 Å². The lowest BCUT2D eigenvalue weighted by atomic mass is 9.97. The Morgan fingerprint density at radius 2 is 1.88 bits per heavy atom. The first-order valence-electron chi connectivity index (χ1n) is 9.09. The summed E-state index contributed by atoms with van der Waals surface area (Å²) in [5.74, 6) is -0.00345. The fourth-order valence-electron chi connectivity index (χ4n) is 3.84. The fraction of sp³-hybridized carbons (Fsp3) is 0.273. The molecule has 132 valence electrons. The minimum atomic E-state index is -0.00345. The van der Waals surface area contributed by atoms with E-state index in [2.05, 4.69) is 5.32 Å². The molecule has 0 radical (unpaired) electrons. The summed E-state index contributed by atoms with van der Waals surface area (Å²) in [4.78, 5) is 17.9. The number of para-hydroxylation sites is 1. The molecule has 1 fully saturated rings. The molecule has 0 unspecified atom stereocenters. The number of halogens is 1. The van der Waals surface area contributed by atoms with Gasteiger partial charge in [-0.05, 0) is 43.5 Å². The Bertz CT molecular complexity index is 977. The lowest BCUT2D eigenvalue weighted by Gasteiger charge is -2.17. The van der Waals surface area contributed by atoms with Gasteiger partial charge in [0.25, 0.3) is 5.91 Å². The Hall–Kier alpha value is -2.39. The van der Waals surface area contributed by atoms with E-state index < -0.39 is 0 Å². The minimum absolute atomic E-state index is 0.00345. The SMILES string of the molecule is Cc1c(-c2cccc(Cl)c2)nc2ccccc2c1C(=O)NC1CCCC1. The average molecular weight is 365 g/mol. The van der Waals surface area contributed by atoms with Crippen LogP contribution in [0.2, 0.25) is 5.02 Å². The summed E-state index contributed by atoms with van der Waals surface area (Å²) in [6.07, 6.45) is 4.51. The van der Waals surface area contributed by atoms with Crippen LogP contribution in [0.3, 0.4) is 0 Å². The molecule has 4 rings (SSSR count). The lowest BCUT2D eigenvalue weighted by Crippen LogP contribution is -2.33. The van der Waals surface area contributed by atoms with Crippen LogP contribution in [0.1, 0.15) is 41.6 Å². The normalized spacial score (nSPS) is 14.7. The summed E-state index contributed by atoms with van der Waals surface area (Å²) in [5, 5.41) is 4.78. The molecule has 4 heteroatoms. The number of pyridine rings is 1. The standard InChI is InChI=1S/C22H21ClN2O/c1-14-20(22(26)24-17-9-2-3-10-17)18-11-4-5-12-19(18)25-21(14)15-7-6-8-16(23)13-15/h4-8,11-13,17H,2-3,9-10H2,1H3,(H,24,26). The number of aromatic nitrogens is 1. The molecular weight excluding hydrogens is 344 g/mol. The molecule has 1 saturated carbocycles. The second kappa shape index (κ2) is 7.08. The van der Waals surface area contributed by atoms with Gasteiger partial charge >= 0.3 is 0 Å². The van der Waals surface area contributed by atoms with Crippen molar-refractivity contribution in [3.63, 3.8) is 0 Å². The van der Waals surface area contributed by atoms with Crippen LogP contribution in [0.5, 0.6) is 0 Å². The number of benzene rings is 2. The van der Waals surface area contributed by atoms with Gasteiger partial charge in [-0.25, -0.2) is 4.98 Å². The molecule has 1 aliphatic carbocycles. The van der Waals surface area contributed by atoms with Gasteiger partial charge in [0.05, 0.1) is 16.8 Å². The third kappa shape index (κ3) is 3.19. The van der Waals surface area contributed by atoms with E-state index in [-0.39, 0.29) is 11.9 Å². The predicted octanol–water partition coefficient (Wildman–Crippen LogP) is 5.54. The first kappa shape index (κ1) is 17.0. The highest BCUT2D eigenvalue weighted by Crippen LogP contribution is 2.31. The van der Waals surface area contributed by atoms with Crippen molar-refractivity contribution < 1.29 is 4.79 Å². The van der Waals surface area contributed by atoms with Crippen LogP contribution in [0, 0.1) is 6.92 Å². The van der Waals surface area contributed by atoms with Gasteiger partial charge in [0.15, 0.2) is 0 Å². The topological polar surface area (TPSA) is 42.0 Å². The van der Waals surface area contributed by atoms with E-state index in [1.807, 2.05) is 55.5 Å². The zero-order chi connectivity index (χ0) is 18.1. The zero-order valence-corrected chi connectivity index (χ0v) is 15.5. The molecule has 2 aromatic carbocycles. The van der Waals surface area contributed by atoms with Crippen LogP contribution in [-0.2, 0) is 0 Å². The Morgan fingerprint density at radius 1 is 1.12 bits per heavy atom. The van der Waals surface area contributed by atoms with Crippen molar-refractivity contribution in [2.75, 3.05) is 0 Å². The van der Waals surface area contributed by atoms with Crippen LogP contribution in [0.4, 0.5) is 0 Å². The molecule has 1 aromatic heterocycles. The average Bonchev–Trinajstić information content (AvgIpc) is 3.14. The molecular formula is C22H21ClN2O. The van der Waals surface area contributed by atoms with Gasteiger partial charge < -0.3 is 5.32 Å². The second-order valence-electron chi connectivity index (χ2n) is 6.94. The Balaban J connectivity index is 1.87. The molecule has 0 aliphatic heterocycles. The quantitative estimate of drug-likeness (QED) is 0.663. The Morgan fingerprint density at radius 3 is 2.65 bits per heavy atom. The van der Waals surface area contributed by atoms with Crippen LogP contribution < -0.4 is 5.32 Å². The highest BCUT2D eigenvalue weighted by Gasteiger charge is 2.23. The highest BCUT2D eigenvalue weighted by atomic mass is 35.5. The van der Waals surface area contributed by atoms with Gasteiger partial charge in [-0.1, -0.05) is 54.8 Å². The number of rotatable bonds is 3. The van der Waals surface area contributed by atoms with Crippen LogP contribution in [0.15, 0.2) is 48.5 Å². The molecule has 1 amide bonds. The number of carbonyl (C=O) groups excluding carboxylic acids is 1. The smallest absolute Gasteiger partial charge is 0.252 e. The maximum atomic E-state index is 13.1. The van der Waals surface area contributed by atoms with E-state index in [0.29, 0.717) is 5.02 Å². The Labute approximate surface area is 158 Å². The van der Waals surface area contributed by atoms with Gasteiger partial charge in [0.1, 0.15) is 0 Å². The van der Waals surface area contributed by atoms with Crippen molar-refractivity contribution in [1.29, 1.82) is 0 Å². The first-order valence-corrected chi connectivity index (χ1v) is 9.47. The van der Waals surface area contributed by atoms with Gasteiger partial charge in [-0.3, -0.25) is 4.79 Å². The molecule has 26 heavy (non-hydrogen) atoms. The largest absolute Gasteiger partial charge is 0.349 e. The molecule has 0 spiro atoms. The predicted molar refractivity (Wildman–Crippen MR) is 107 cm³/mol. The van der Waals surface area contributed by atoms with Gasteiger partial charge in [-0.15, -0.1) is 0 Å².